The van der Waals surface area contributed by atoms with Crippen molar-refractivity contribution in [3.63, 3.8) is 0 Å². The van der Waals surface area contributed by atoms with Gasteiger partial charge in [0, 0.05) is 44.9 Å². The number of rotatable bonds is 10. The Labute approximate surface area is 195 Å². The Morgan fingerprint density at radius 2 is 2.15 bits per heavy atom. The van der Waals surface area contributed by atoms with Crippen LogP contribution >= 0.6 is 0 Å². The van der Waals surface area contributed by atoms with E-state index in [-0.39, 0.29) is 6.04 Å². The zero-order chi connectivity index (χ0) is 23.6. The standard InChI is InChI=1S/C24H36N4O5/c1-3-18(4-2)16-27-13-12-20(17-27)28(24(30)31)21-10-8-19(15-25-21)9-11-22(29)26-33-23-7-5-6-14-32-23/h8-11,15,18,20,23H,3-7,12-14,16-17H2,1-2H3,(H,26,29)(H,30,31)/b11-9+/t20-,23?/m1/s1. The third-order valence-corrected chi connectivity index (χ3v) is 6.36. The molecule has 0 aliphatic carbocycles. The Hall–Kier alpha value is -2.49. The van der Waals surface area contributed by atoms with Crippen LogP contribution in [0.4, 0.5) is 10.6 Å². The Balaban J connectivity index is 1.54. The van der Waals surface area contributed by atoms with Gasteiger partial charge in [-0.1, -0.05) is 26.7 Å². The van der Waals surface area contributed by atoms with Crippen molar-refractivity contribution >= 4 is 23.9 Å². The van der Waals surface area contributed by atoms with E-state index in [9.17, 15) is 14.7 Å². The monoisotopic (exact) mass is 460 g/mol. The van der Waals surface area contributed by atoms with Crippen LogP contribution in [0.2, 0.25) is 0 Å². The number of nitrogens with one attached hydrogen (secondary N) is 1. The van der Waals surface area contributed by atoms with Crippen LogP contribution in [0.25, 0.3) is 6.08 Å². The second-order valence-electron chi connectivity index (χ2n) is 8.70. The molecule has 2 aliphatic rings. The van der Waals surface area contributed by atoms with E-state index in [4.69, 9.17) is 9.57 Å². The summed E-state index contributed by atoms with van der Waals surface area (Å²) in [5.74, 6) is 0.643. The minimum Gasteiger partial charge on any atom is -0.465 e. The normalized spacial score (nSPS) is 21.5. The molecule has 1 aromatic rings. The third-order valence-electron chi connectivity index (χ3n) is 6.36. The van der Waals surface area contributed by atoms with Gasteiger partial charge in [0.15, 0.2) is 6.29 Å². The van der Waals surface area contributed by atoms with Gasteiger partial charge < -0.3 is 14.7 Å². The molecule has 0 aromatic carbocycles. The fraction of sp³-hybridized carbons (Fsp3) is 0.625. The quantitative estimate of drug-likeness (QED) is 0.406. The highest BCUT2D eigenvalue weighted by Crippen LogP contribution is 2.24. The largest absolute Gasteiger partial charge is 0.465 e. The molecule has 2 saturated heterocycles. The first kappa shape index (κ1) is 25.1. The van der Waals surface area contributed by atoms with Crippen LogP contribution < -0.4 is 10.4 Å². The first-order valence-corrected chi connectivity index (χ1v) is 12.0. The number of hydroxylamine groups is 1. The predicted octanol–water partition coefficient (Wildman–Crippen LogP) is 3.66. The van der Waals surface area contributed by atoms with Gasteiger partial charge in [0.05, 0.1) is 6.04 Å². The van der Waals surface area contributed by atoms with Crippen molar-refractivity contribution in [2.45, 2.75) is 64.7 Å². The minimum absolute atomic E-state index is 0.115. The summed E-state index contributed by atoms with van der Waals surface area (Å²) in [4.78, 5) is 37.3. The Morgan fingerprint density at radius 1 is 1.33 bits per heavy atom. The maximum atomic E-state index is 12.0. The van der Waals surface area contributed by atoms with Crippen LogP contribution in [0.3, 0.4) is 0 Å². The number of carboxylic acid groups (broad SMARTS) is 1. The summed E-state index contributed by atoms with van der Waals surface area (Å²) in [7, 11) is 0. The highest BCUT2D eigenvalue weighted by atomic mass is 16.8. The molecule has 2 N–H and O–H groups in total. The Bertz CT molecular complexity index is 791. The van der Waals surface area contributed by atoms with Crippen molar-refractivity contribution in [3.8, 4) is 0 Å². The molecule has 2 amide bonds. The second-order valence-corrected chi connectivity index (χ2v) is 8.70. The van der Waals surface area contributed by atoms with Crippen LogP contribution in [0.15, 0.2) is 24.4 Å². The Kier molecular flexibility index (Phi) is 9.65. The number of nitrogens with zero attached hydrogens (tertiary/aromatic N) is 3. The lowest BCUT2D eigenvalue weighted by Gasteiger charge is -2.26. The molecule has 0 saturated carbocycles. The van der Waals surface area contributed by atoms with Gasteiger partial charge in [-0.05, 0) is 49.0 Å². The van der Waals surface area contributed by atoms with Crippen LogP contribution in [-0.2, 0) is 14.4 Å². The number of aromatic nitrogens is 1. The summed E-state index contributed by atoms with van der Waals surface area (Å²) in [6, 6.07) is 3.32. The summed E-state index contributed by atoms with van der Waals surface area (Å²) in [5.41, 5.74) is 3.06. The zero-order valence-corrected chi connectivity index (χ0v) is 19.6. The molecule has 9 heteroatoms. The van der Waals surface area contributed by atoms with Gasteiger partial charge in [0.1, 0.15) is 5.82 Å². The number of pyridine rings is 1. The minimum atomic E-state index is -0.998. The SMILES string of the molecule is CCC(CC)CN1CC[C@@H](N(C(=O)O)c2ccc(/C=C/C(=O)NOC3CCCCO3)cn2)C1. The van der Waals surface area contributed by atoms with Gasteiger partial charge in [-0.2, -0.15) is 0 Å². The molecule has 3 rings (SSSR count). The fourth-order valence-corrected chi connectivity index (χ4v) is 4.31. The lowest BCUT2D eigenvalue weighted by atomic mass is 10.0. The van der Waals surface area contributed by atoms with Crippen molar-refractivity contribution in [1.82, 2.24) is 15.4 Å². The maximum Gasteiger partial charge on any atom is 0.413 e. The highest BCUT2D eigenvalue weighted by molar-refractivity contribution is 5.91. The summed E-state index contributed by atoms with van der Waals surface area (Å²) in [6.45, 7) is 7.66. The van der Waals surface area contributed by atoms with Crippen LogP contribution in [0, 0.1) is 5.92 Å². The molecule has 1 aromatic heterocycles. The number of anilines is 1. The molecule has 0 radical (unpaired) electrons. The lowest BCUT2D eigenvalue weighted by molar-refractivity contribution is -0.198. The van der Waals surface area contributed by atoms with Gasteiger partial charge in [0.2, 0.25) is 0 Å². The number of amides is 2. The Morgan fingerprint density at radius 3 is 2.79 bits per heavy atom. The van der Waals surface area contributed by atoms with E-state index in [1.807, 2.05) is 0 Å². The van der Waals surface area contributed by atoms with Crippen molar-refractivity contribution in [1.29, 1.82) is 0 Å². The molecule has 3 heterocycles. The molecule has 2 atom stereocenters. The zero-order valence-electron chi connectivity index (χ0n) is 19.6. The molecular weight excluding hydrogens is 424 g/mol. The van der Waals surface area contributed by atoms with Crippen LogP contribution in [-0.4, -0.2) is 65.6 Å². The number of carbonyl (C=O) groups is 2. The molecule has 33 heavy (non-hydrogen) atoms. The smallest absolute Gasteiger partial charge is 0.413 e. The first-order valence-electron chi connectivity index (χ1n) is 12.0. The molecule has 182 valence electrons. The average Bonchev–Trinajstić information content (AvgIpc) is 3.29. The van der Waals surface area contributed by atoms with E-state index >= 15 is 0 Å². The lowest BCUT2D eigenvalue weighted by Crippen LogP contribution is -2.42. The van der Waals surface area contributed by atoms with Crippen molar-refractivity contribution in [2.75, 3.05) is 31.1 Å². The van der Waals surface area contributed by atoms with E-state index in [0.29, 0.717) is 23.9 Å². The average molecular weight is 461 g/mol. The highest BCUT2D eigenvalue weighted by Gasteiger charge is 2.33. The summed E-state index contributed by atoms with van der Waals surface area (Å²) < 4.78 is 5.40. The number of carbonyl (C=O) groups excluding carboxylic acids is 1. The molecule has 0 bridgehead atoms. The molecule has 2 aliphatic heterocycles. The first-order chi connectivity index (χ1) is 16.0. The van der Waals surface area contributed by atoms with E-state index in [1.165, 1.54) is 11.0 Å². The van der Waals surface area contributed by atoms with Gasteiger partial charge in [-0.3, -0.25) is 9.69 Å². The number of ether oxygens (including phenoxy) is 1. The van der Waals surface area contributed by atoms with Crippen molar-refractivity contribution < 1.29 is 24.3 Å². The molecule has 0 spiro atoms. The molecule has 1 unspecified atom stereocenters. The van der Waals surface area contributed by atoms with E-state index in [2.05, 4.69) is 29.2 Å². The summed E-state index contributed by atoms with van der Waals surface area (Å²) in [6.07, 6.45) is 8.96. The van der Waals surface area contributed by atoms with E-state index in [0.717, 1.165) is 58.2 Å². The van der Waals surface area contributed by atoms with Crippen molar-refractivity contribution in [2.24, 2.45) is 5.92 Å². The van der Waals surface area contributed by atoms with E-state index in [1.54, 1.807) is 24.4 Å². The molecule has 9 nitrogen and oxygen atoms in total. The van der Waals surface area contributed by atoms with Crippen LogP contribution in [0.5, 0.6) is 0 Å². The van der Waals surface area contributed by atoms with Gasteiger partial charge in [0.25, 0.3) is 5.91 Å². The number of likely N-dealkylation sites (tertiary alicyclic amines) is 1. The van der Waals surface area contributed by atoms with E-state index < -0.39 is 18.3 Å². The summed E-state index contributed by atoms with van der Waals surface area (Å²) in [5, 5.41) is 9.84. The van der Waals surface area contributed by atoms with Gasteiger partial charge in [-0.15, -0.1) is 0 Å². The summed E-state index contributed by atoms with van der Waals surface area (Å²) >= 11 is 0. The van der Waals surface area contributed by atoms with Crippen molar-refractivity contribution in [3.05, 3.63) is 30.0 Å². The maximum absolute atomic E-state index is 12.0. The fourth-order valence-electron chi connectivity index (χ4n) is 4.31. The van der Waals surface area contributed by atoms with Gasteiger partial charge >= 0.3 is 6.09 Å². The van der Waals surface area contributed by atoms with Gasteiger partial charge in [-0.25, -0.2) is 20.1 Å². The topological polar surface area (TPSA) is 104 Å². The second kappa shape index (κ2) is 12.7. The molecular formula is C24H36N4O5. The molecule has 2 fully saturated rings. The number of hydrogen-bond acceptors (Lipinski definition) is 6. The third kappa shape index (κ3) is 7.52. The number of hydrogen-bond donors (Lipinski definition) is 2. The predicted molar refractivity (Wildman–Crippen MR) is 126 cm³/mol. The van der Waals surface area contributed by atoms with Crippen LogP contribution in [0.1, 0.15) is 57.9 Å².